The molecule has 0 bridgehead atoms. The van der Waals surface area contributed by atoms with Crippen molar-refractivity contribution < 1.29 is 62.7 Å². The Hall–Kier alpha value is -5.41. The summed E-state index contributed by atoms with van der Waals surface area (Å²) in [5.74, 6) is -3.93. The van der Waals surface area contributed by atoms with Crippen molar-refractivity contribution >= 4 is 41.5 Å². The second-order valence-corrected chi connectivity index (χ2v) is 21.3. The van der Waals surface area contributed by atoms with Crippen LogP contribution in [-0.2, 0) is 47.7 Å². The molecule has 13 atom stereocenters. The van der Waals surface area contributed by atoms with Crippen LogP contribution in [0.5, 0.6) is 0 Å². The molecule has 2 heterocycles. The molecule has 1 aromatic rings. The Kier molecular flexibility index (Phi) is 25.3. The van der Waals surface area contributed by atoms with E-state index in [1.165, 1.54) is 43.2 Å². The van der Waals surface area contributed by atoms with Gasteiger partial charge in [0.15, 0.2) is 0 Å². The van der Waals surface area contributed by atoms with Gasteiger partial charge in [-0.2, -0.15) is 0 Å². The number of amides is 7. The monoisotopic (exact) mass is 1070 g/mol. The van der Waals surface area contributed by atoms with E-state index in [2.05, 4.69) is 16.0 Å². The van der Waals surface area contributed by atoms with E-state index in [9.17, 15) is 43.8 Å². The van der Waals surface area contributed by atoms with Crippen molar-refractivity contribution in [2.24, 2.45) is 23.7 Å². The van der Waals surface area contributed by atoms with E-state index < -0.39 is 109 Å². The van der Waals surface area contributed by atoms with Crippen molar-refractivity contribution in [3.05, 3.63) is 60.2 Å². The van der Waals surface area contributed by atoms with Crippen molar-refractivity contribution in [2.45, 2.75) is 174 Å². The zero-order chi connectivity index (χ0) is 56.4. The SMILES string of the molecule is CC[C@H](C)[C@@H]([C@@H](CC(=O)N1CCC[C@H]1[C@H](OC)[C@@H](C)C(=O)N[C@H](C)[C@@H](O)c1ccccc1)OC)N(C)C(=O)[C@@H](NC(=O)[C@H](C(C)C)N(C)C(=O)OC1/C=C/CCCCC1OCC(=O)NCCN1C(=O)C=CC1O)C(C)C. The fourth-order valence-electron chi connectivity index (χ4n) is 10.6. The molecule has 3 aliphatic rings. The maximum absolute atomic E-state index is 14.8. The molecule has 4 rings (SSSR count). The molecular weight excluding hydrogens is 979 g/mol. The second-order valence-electron chi connectivity index (χ2n) is 21.3. The van der Waals surface area contributed by atoms with Crippen LogP contribution in [0.25, 0.3) is 0 Å². The lowest BCUT2D eigenvalue weighted by Crippen LogP contribution is -2.60. The number of aliphatic hydroxyl groups excluding tert-OH is 2. The molecule has 1 aliphatic carbocycles. The molecule has 0 saturated carbocycles. The van der Waals surface area contributed by atoms with Crippen LogP contribution in [0.3, 0.4) is 0 Å². The molecule has 7 amide bonds. The minimum Gasteiger partial charge on any atom is -0.439 e. The predicted molar refractivity (Wildman–Crippen MR) is 286 cm³/mol. The summed E-state index contributed by atoms with van der Waals surface area (Å²) >= 11 is 0. The van der Waals surface area contributed by atoms with Gasteiger partial charge in [0.2, 0.25) is 35.4 Å². The van der Waals surface area contributed by atoms with E-state index in [1.54, 1.807) is 62.8 Å². The van der Waals surface area contributed by atoms with Crippen molar-refractivity contribution in [3.8, 4) is 0 Å². The van der Waals surface area contributed by atoms with Gasteiger partial charge in [-0.05, 0) is 74.5 Å². The van der Waals surface area contributed by atoms with Crippen LogP contribution in [-0.4, -0.2) is 187 Å². The van der Waals surface area contributed by atoms with Gasteiger partial charge >= 0.3 is 6.09 Å². The van der Waals surface area contributed by atoms with Gasteiger partial charge in [-0.15, -0.1) is 0 Å². The molecule has 20 nitrogen and oxygen atoms in total. The fourth-order valence-corrected chi connectivity index (χ4v) is 10.6. The molecule has 20 heteroatoms. The van der Waals surface area contributed by atoms with Crippen LogP contribution in [0.15, 0.2) is 54.6 Å². The van der Waals surface area contributed by atoms with Crippen molar-refractivity contribution in [1.82, 2.24) is 35.6 Å². The Morgan fingerprint density at radius 1 is 0.855 bits per heavy atom. The molecule has 0 radical (unpaired) electrons. The van der Waals surface area contributed by atoms with Crippen molar-refractivity contribution in [2.75, 3.05) is 54.6 Å². The minimum atomic E-state index is -1.07. The van der Waals surface area contributed by atoms with E-state index in [1.807, 2.05) is 52.0 Å². The summed E-state index contributed by atoms with van der Waals surface area (Å²) in [6, 6.07) is 5.38. The third kappa shape index (κ3) is 17.0. The van der Waals surface area contributed by atoms with E-state index >= 15 is 0 Å². The lowest BCUT2D eigenvalue weighted by atomic mass is 9.89. The Morgan fingerprint density at radius 3 is 2.16 bits per heavy atom. The van der Waals surface area contributed by atoms with E-state index in [0.717, 1.165) is 19.3 Å². The molecular formula is C56H89N7O13. The number of ether oxygens (including phenoxy) is 4. The average Bonchev–Trinajstić information content (AvgIpc) is 4.00. The molecule has 0 spiro atoms. The predicted octanol–water partition coefficient (Wildman–Crippen LogP) is 4.10. The van der Waals surface area contributed by atoms with Crippen molar-refractivity contribution in [1.29, 1.82) is 0 Å². The second kappa shape index (κ2) is 30.5. The van der Waals surface area contributed by atoms with Crippen LogP contribution in [0.4, 0.5) is 4.79 Å². The number of methoxy groups -OCH3 is 2. The number of nitrogens with zero attached hydrogens (tertiary/aromatic N) is 4. The Morgan fingerprint density at radius 2 is 1.55 bits per heavy atom. The van der Waals surface area contributed by atoms with Crippen LogP contribution >= 0.6 is 0 Å². The number of aliphatic hydroxyl groups is 2. The average molecular weight is 1070 g/mol. The van der Waals surface area contributed by atoms with Gasteiger partial charge in [0.25, 0.3) is 0 Å². The number of carbonyl (C=O) groups excluding carboxylic acids is 7. The number of hydrogen-bond acceptors (Lipinski definition) is 13. The summed E-state index contributed by atoms with van der Waals surface area (Å²) in [4.78, 5) is 102. The largest absolute Gasteiger partial charge is 0.439 e. The highest BCUT2D eigenvalue weighted by atomic mass is 16.6. The first-order valence-corrected chi connectivity index (χ1v) is 27.2. The number of hydrogen-bond donors (Lipinski definition) is 5. The van der Waals surface area contributed by atoms with E-state index in [0.29, 0.717) is 37.8 Å². The molecule has 1 fully saturated rings. The third-order valence-electron chi connectivity index (χ3n) is 15.2. The van der Waals surface area contributed by atoms with Crippen LogP contribution in [0, 0.1) is 23.7 Å². The molecule has 426 valence electrons. The number of likely N-dealkylation sites (N-methyl/N-ethyl adjacent to an activating group) is 2. The Balaban J connectivity index is 1.43. The number of carbonyl (C=O) groups is 7. The maximum atomic E-state index is 14.8. The zero-order valence-electron chi connectivity index (χ0n) is 47.0. The molecule has 76 heavy (non-hydrogen) atoms. The summed E-state index contributed by atoms with van der Waals surface area (Å²) in [6.07, 6.45) is 5.24. The van der Waals surface area contributed by atoms with Gasteiger partial charge in [0.05, 0.1) is 54.9 Å². The van der Waals surface area contributed by atoms with Gasteiger partial charge in [0, 0.05) is 54.0 Å². The molecule has 5 N–H and O–H groups in total. The Bertz CT molecular complexity index is 2130. The summed E-state index contributed by atoms with van der Waals surface area (Å²) < 4.78 is 24.1. The Labute approximate surface area is 450 Å². The van der Waals surface area contributed by atoms with Gasteiger partial charge in [0.1, 0.15) is 31.0 Å². The summed E-state index contributed by atoms with van der Waals surface area (Å²) in [5, 5.41) is 29.5. The van der Waals surface area contributed by atoms with Crippen LogP contribution < -0.4 is 16.0 Å². The highest BCUT2D eigenvalue weighted by Gasteiger charge is 2.44. The van der Waals surface area contributed by atoms with Gasteiger partial charge < -0.3 is 59.8 Å². The first-order chi connectivity index (χ1) is 36.1. The quantitative estimate of drug-likeness (QED) is 0.0781. The lowest BCUT2D eigenvalue weighted by molar-refractivity contribution is -0.148. The van der Waals surface area contributed by atoms with E-state index in [4.69, 9.17) is 18.9 Å². The summed E-state index contributed by atoms with van der Waals surface area (Å²) in [6.45, 7) is 15.0. The van der Waals surface area contributed by atoms with Crippen LogP contribution in [0.1, 0.15) is 118 Å². The number of likely N-dealkylation sites (tertiary alicyclic amines) is 1. The molecule has 1 aromatic carbocycles. The molecule has 1 saturated heterocycles. The van der Waals surface area contributed by atoms with Gasteiger partial charge in [-0.3, -0.25) is 33.7 Å². The molecule has 3 unspecified atom stereocenters. The summed E-state index contributed by atoms with van der Waals surface area (Å²) in [5.41, 5.74) is 0.679. The smallest absolute Gasteiger partial charge is 0.410 e. The topological polar surface area (TPSA) is 246 Å². The van der Waals surface area contributed by atoms with Crippen molar-refractivity contribution in [3.63, 3.8) is 0 Å². The number of allylic oxidation sites excluding steroid dienone is 1. The molecule has 0 aromatic heterocycles. The highest BCUT2D eigenvalue weighted by Crippen LogP contribution is 2.30. The van der Waals surface area contributed by atoms with Gasteiger partial charge in [-0.25, -0.2) is 4.79 Å². The first kappa shape index (κ1) is 63.1. The normalized spacial score (nSPS) is 22.8. The number of rotatable bonds is 27. The summed E-state index contributed by atoms with van der Waals surface area (Å²) in [7, 11) is 6.16. The minimum absolute atomic E-state index is 0.0703. The zero-order valence-corrected chi connectivity index (χ0v) is 47.0. The lowest BCUT2D eigenvalue weighted by Gasteiger charge is -2.41. The third-order valence-corrected chi connectivity index (χ3v) is 15.2. The van der Waals surface area contributed by atoms with E-state index in [-0.39, 0.29) is 49.8 Å². The highest BCUT2D eigenvalue weighted by molar-refractivity contribution is 5.92. The number of benzene rings is 1. The number of nitrogens with one attached hydrogen (secondary N) is 3. The first-order valence-electron chi connectivity index (χ1n) is 27.2. The van der Waals surface area contributed by atoms with Crippen LogP contribution in [0.2, 0.25) is 0 Å². The standard InChI is InChI=1S/C56H89N7O13/c1-13-36(6)50(43(73-11)32-47(67)62-30-21-24-40(62)52(74-12)37(7)53(69)58-38(8)51(68)39-22-17-16-18-23-39)60(9)55(71)48(34(2)3)59-54(70)49(35(4)5)61(10)56(72)76-42-26-20-15-14-19-25-41(42)75-33-44(64)57-29-31-63-45(65)27-28-46(63)66/h16-18,20,22-23,26-28,34-38,40-43,45,48-52,65,68H,13-15,19,21,24-25,29-33H2,1-12H3,(H,57,64)(H,58,69)(H,59,70)/b26-20+/t36-,37+,38+,40-,41?,42?,43+,45?,48-,49-,50-,51+,52+/m0/s1. The maximum Gasteiger partial charge on any atom is 0.410 e. The van der Waals surface area contributed by atoms with Gasteiger partial charge in [-0.1, -0.05) is 97.7 Å². The fraction of sp³-hybridized carbons (Fsp3) is 0.696. The molecule has 2 aliphatic heterocycles.